The lowest BCUT2D eigenvalue weighted by Crippen LogP contribution is -2.21. The number of esters is 2. The summed E-state index contributed by atoms with van der Waals surface area (Å²) in [4.78, 5) is 33.7. The van der Waals surface area contributed by atoms with Gasteiger partial charge in [-0.2, -0.15) is 28.6 Å². The van der Waals surface area contributed by atoms with Crippen molar-refractivity contribution in [3.05, 3.63) is 0 Å². The zero-order valence-electron chi connectivity index (χ0n) is 14.9. The second-order valence-corrected chi connectivity index (χ2v) is 6.71. The maximum atomic E-state index is 11.3. The molecule has 0 aromatic heterocycles. The van der Waals surface area contributed by atoms with E-state index in [1.165, 1.54) is 30.6 Å². The predicted octanol–water partition coefficient (Wildman–Crippen LogP) is 2.07. The molecule has 0 aromatic rings. The summed E-state index contributed by atoms with van der Waals surface area (Å²) < 4.78 is 14.2. The Balaban J connectivity index is 4.21. The van der Waals surface area contributed by atoms with Crippen molar-refractivity contribution >= 4 is 47.3 Å². The Morgan fingerprint density at radius 3 is 1.80 bits per heavy atom. The molecule has 8 nitrogen and oxygen atoms in total. The molecule has 0 atom stereocenters. The normalized spacial score (nSPS) is 9.88. The van der Waals surface area contributed by atoms with Crippen LogP contribution in [0.1, 0.15) is 26.7 Å². The van der Waals surface area contributed by atoms with Gasteiger partial charge in [-0.15, -0.1) is 0 Å². The standard InChI is InChI=1S/C15H26N2O6S2/c1-4-22-13(18)6-8-24-10-12(16-17-15(20)21-3)11-25-9-7-14(19)23-5-2/h4-11H2,1-3H3,(H,17,20). The van der Waals surface area contributed by atoms with E-state index < -0.39 is 6.09 Å². The first kappa shape index (κ1) is 23.6. The monoisotopic (exact) mass is 394 g/mol. The van der Waals surface area contributed by atoms with Crippen molar-refractivity contribution in [3.8, 4) is 0 Å². The molecule has 0 bridgehead atoms. The van der Waals surface area contributed by atoms with Crippen LogP contribution in [0.3, 0.4) is 0 Å². The van der Waals surface area contributed by atoms with Crippen LogP contribution in [-0.2, 0) is 23.8 Å². The zero-order valence-corrected chi connectivity index (χ0v) is 16.5. The third-order valence-corrected chi connectivity index (χ3v) is 4.60. The molecular weight excluding hydrogens is 368 g/mol. The SMILES string of the molecule is CCOC(=O)CCSCC(CSCCC(=O)OCC)=NNC(=O)OC. The lowest BCUT2D eigenvalue weighted by molar-refractivity contribution is -0.143. The van der Waals surface area contributed by atoms with E-state index in [9.17, 15) is 14.4 Å². The van der Waals surface area contributed by atoms with Crippen LogP contribution in [0.5, 0.6) is 0 Å². The molecule has 0 unspecified atom stereocenters. The molecule has 0 saturated carbocycles. The van der Waals surface area contributed by atoms with E-state index in [1.807, 2.05) is 0 Å². The average molecular weight is 395 g/mol. The Morgan fingerprint density at radius 2 is 1.40 bits per heavy atom. The first-order valence-electron chi connectivity index (χ1n) is 7.89. The molecule has 0 spiro atoms. The first-order valence-corrected chi connectivity index (χ1v) is 10.2. The maximum absolute atomic E-state index is 11.3. The summed E-state index contributed by atoms with van der Waals surface area (Å²) in [7, 11) is 1.26. The number of hydrazone groups is 1. The number of amides is 1. The Hall–Kier alpha value is -1.42. The molecule has 1 amide bonds. The van der Waals surface area contributed by atoms with Crippen molar-refractivity contribution in [2.45, 2.75) is 26.7 Å². The van der Waals surface area contributed by atoms with Crippen LogP contribution in [0.2, 0.25) is 0 Å². The van der Waals surface area contributed by atoms with Crippen LogP contribution in [0.4, 0.5) is 4.79 Å². The number of thioether (sulfide) groups is 2. The number of carbonyl (C=O) groups is 3. The van der Waals surface area contributed by atoms with Crippen molar-refractivity contribution < 1.29 is 28.6 Å². The summed E-state index contributed by atoms with van der Waals surface area (Å²) >= 11 is 3.04. The fourth-order valence-electron chi connectivity index (χ4n) is 1.43. The van der Waals surface area contributed by atoms with Gasteiger partial charge in [-0.05, 0) is 13.8 Å². The molecule has 1 N–H and O–H groups in total. The quantitative estimate of drug-likeness (QED) is 0.166. The average Bonchev–Trinajstić information content (AvgIpc) is 2.59. The van der Waals surface area contributed by atoms with Gasteiger partial charge in [0.05, 0.1) is 38.9 Å². The summed E-state index contributed by atoms with van der Waals surface area (Å²) in [5.41, 5.74) is 3.02. The van der Waals surface area contributed by atoms with Crippen LogP contribution < -0.4 is 5.43 Å². The smallest absolute Gasteiger partial charge is 0.427 e. The molecule has 0 rings (SSSR count). The van der Waals surface area contributed by atoms with Gasteiger partial charge in [-0.3, -0.25) is 9.59 Å². The fourth-order valence-corrected chi connectivity index (χ4v) is 3.28. The minimum atomic E-state index is -0.648. The fraction of sp³-hybridized carbons (Fsp3) is 0.733. The van der Waals surface area contributed by atoms with Crippen molar-refractivity contribution in [2.75, 3.05) is 43.3 Å². The predicted molar refractivity (Wildman–Crippen MR) is 100 cm³/mol. The van der Waals surface area contributed by atoms with Gasteiger partial charge in [0.25, 0.3) is 0 Å². The molecule has 0 radical (unpaired) electrons. The minimum Gasteiger partial charge on any atom is -0.466 e. The van der Waals surface area contributed by atoms with Crippen LogP contribution in [-0.4, -0.2) is 67.1 Å². The number of hydrogen-bond acceptors (Lipinski definition) is 9. The van der Waals surface area contributed by atoms with Crippen LogP contribution in [0, 0.1) is 0 Å². The van der Waals surface area contributed by atoms with Gasteiger partial charge >= 0.3 is 18.0 Å². The number of methoxy groups -OCH3 is 1. The number of rotatable bonds is 13. The maximum Gasteiger partial charge on any atom is 0.427 e. The van der Waals surface area contributed by atoms with Crippen LogP contribution in [0.15, 0.2) is 5.10 Å². The Labute approximate surface area is 156 Å². The van der Waals surface area contributed by atoms with Crippen molar-refractivity contribution in [1.29, 1.82) is 0 Å². The highest BCUT2D eigenvalue weighted by Gasteiger charge is 2.07. The van der Waals surface area contributed by atoms with E-state index in [2.05, 4.69) is 15.3 Å². The molecule has 144 valence electrons. The van der Waals surface area contributed by atoms with Gasteiger partial charge in [0, 0.05) is 23.0 Å². The summed E-state index contributed by atoms with van der Waals surface area (Å²) in [6, 6.07) is 0. The van der Waals surface area contributed by atoms with Crippen molar-refractivity contribution in [3.63, 3.8) is 0 Å². The van der Waals surface area contributed by atoms with Gasteiger partial charge < -0.3 is 14.2 Å². The van der Waals surface area contributed by atoms with E-state index in [1.54, 1.807) is 13.8 Å². The molecule has 0 aliphatic carbocycles. The van der Waals surface area contributed by atoms with E-state index in [4.69, 9.17) is 9.47 Å². The second kappa shape index (κ2) is 16.1. The largest absolute Gasteiger partial charge is 0.466 e. The third kappa shape index (κ3) is 14.6. The molecule has 10 heteroatoms. The van der Waals surface area contributed by atoms with Gasteiger partial charge in [-0.25, -0.2) is 10.2 Å². The Bertz CT molecular complexity index is 418. The van der Waals surface area contributed by atoms with Gasteiger partial charge in [0.15, 0.2) is 0 Å². The number of nitrogens with one attached hydrogen (secondary N) is 1. The van der Waals surface area contributed by atoms with Crippen LogP contribution in [0.25, 0.3) is 0 Å². The van der Waals surface area contributed by atoms with E-state index >= 15 is 0 Å². The Kier molecular flexibility index (Phi) is 15.2. The summed E-state index contributed by atoms with van der Waals surface area (Å²) in [6.45, 7) is 4.27. The molecule has 0 heterocycles. The summed E-state index contributed by atoms with van der Waals surface area (Å²) in [5.74, 6) is 1.84. The lowest BCUT2D eigenvalue weighted by atomic mass is 10.5. The van der Waals surface area contributed by atoms with Gasteiger partial charge in [0.1, 0.15) is 0 Å². The zero-order chi connectivity index (χ0) is 18.9. The molecular formula is C15H26N2O6S2. The molecule has 0 saturated heterocycles. The minimum absolute atomic E-state index is 0.231. The van der Waals surface area contributed by atoms with Gasteiger partial charge in [-0.1, -0.05) is 0 Å². The lowest BCUT2D eigenvalue weighted by Gasteiger charge is -2.07. The summed E-state index contributed by atoms with van der Waals surface area (Å²) in [6.07, 6.45) is 0.00359. The highest BCUT2D eigenvalue weighted by molar-refractivity contribution is 8.01. The number of ether oxygens (including phenoxy) is 3. The van der Waals surface area contributed by atoms with Crippen molar-refractivity contribution in [2.24, 2.45) is 5.10 Å². The van der Waals surface area contributed by atoms with E-state index in [-0.39, 0.29) is 11.9 Å². The molecule has 0 fully saturated rings. The highest BCUT2D eigenvalue weighted by atomic mass is 32.2. The third-order valence-electron chi connectivity index (χ3n) is 2.54. The molecule has 0 aromatic carbocycles. The highest BCUT2D eigenvalue weighted by Crippen LogP contribution is 2.10. The van der Waals surface area contributed by atoms with Crippen LogP contribution >= 0.6 is 23.5 Å². The molecule has 0 aliphatic heterocycles. The van der Waals surface area contributed by atoms with E-state index in [0.29, 0.717) is 49.1 Å². The molecule has 25 heavy (non-hydrogen) atoms. The number of nitrogens with zero attached hydrogens (tertiary/aromatic N) is 1. The second-order valence-electron chi connectivity index (χ2n) is 4.50. The molecule has 0 aliphatic rings. The number of hydrogen-bond donors (Lipinski definition) is 1. The topological polar surface area (TPSA) is 103 Å². The Morgan fingerprint density at radius 1 is 0.920 bits per heavy atom. The van der Waals surface area contributed by atoms with E-state index in [0.717, 1.165) is 5.71 Å². The number of carbonyl (C=O) groups excluding carboxylic acids is 3. The summed E-state index contributed by atoms with van der Waals surface area (Å²) in [5, 5.41) is 4.02. The first-order chi connectivity index (χ1) is 12.0. The van der Waals surface area contributed by atoms with Crippen molar-refractivity contribution in [1.82, 2.24) is 5.43 Å². The van der Waals surface area contributed by atoms with Gasteiger partial charge in [0.2, 0.25) is 0 Å².